The molecule has 1 N–H and O–H groups in total. The lowest BCUT2D eigenvalue weighted by Crippen LogP contribution is -2.05. The monoisotopic (exact) mass is 263 g/mol. The van der Waals surface area contributed by atoms with Crippen LogP contribution >= 0.6 is 11.8 Å². The number of anilines is 1. The molecule has 18 heavy (non-hydrogen) atoms. The lowest BCUT2D eigenvalue weighted by atomic mass is 10.3. The van der Waals surface area contributed by atoms with Crippen LogP contribution in [0.1, 0.15) is 18.9 Å². The first-order valence-corrected chi connectivity index (χ1v) is 6.74. The molecule has 2 aromatic heterocycles. The summed E-state index contributed by atoms with van der Waals surface area (Å²) in [5.41, 5.74) is 1.08. The van der Waals surface area contributed by atoms with Gasteiger partial charge >= 0.3 is 0 Å². The molecule has 0 fully saturated rings. The Kier molecular flexibility index (Phi) is 4.19. The summed E-state index contributed by atoms with van der Waals surface area (Å²) in [6.07, 6.45) is 6.49. The molecule has 0 saturated heterocycles. The van der Waals surface area contributed by atoms with Crippen molar-refractivity contribution in [3.63, 3.8) is 0 Å². The van der Waals surface area contributed by atoms with Crippen LogP contribution in [0.2, 0.25) is 0 Å². The predicted molar refractivity (Wildman–Crippen MR) is 72.9 cm³/mol. The molecule has 0 aliphatic carbocycles. The van der Waals surface area contributed by atoms with E-state index in [1.54, 1.807) is 22.8 Å². The SMILES string of the molecule is CCCNc1ncnc(Sc2cnn(C)c2)c1C. The van der Waals surface area contributed by atoms with Crippen molar-refractivity contribution in [1.29, 1.82) is 0 Å². The Morgan fingerprint density at radius 1 is 1.39 bits per heavy atom. The molecule has 0 aliphatic rings. The summed E-state index contributed by atoms with van der Waals surface area (Å²) in [4.78, 5) is 9.68. The lowest BCUT2D eigenvalue weighted by molar-refractivity contribution is 0.766. The first-order chi connectivity index (χ1) is 8.70. The van der Waals surface area contributed by atoms with E-state index in [0.717, 1.165) is 34.3 Å². The number of aromatic nitrogens is 4. The molecule has 0 bridgehead atoms. The van der Waals surface area contributed by atoms with Crippen LogP contribution in [0.15, 0.2) is 28.6 Å². The zero-order valence-corrected chi connectivity index (χ0v) is 11.7. The van der Waals surface area contributed by atoms with Crippen molar-refractivity contribution in [1.82, 2.24) is 19.7 Å². The highest BCUT2D eigenvalue weighted by atomic mass is 32.2. The molecule has 2 aromatic rings. The Balaban J connectivity index is 2.17. The minimum atomic E-state index is 0.915. The molecule has 0 amide bonds. The van der Waals surface area contributed by atoms with Gasteiger partial charge in [0.2, 0.25) is 0 Å². The van der Waals surface area contributed by atoms with Crippen molar-refractivity contribution in [2.75, 3.05) is 11.9 Å². The smallest absolute Gasteiger partial charge is 0.133 e. The van der Waals surface area contributed by atoms with E-state index < -0.39 is 0 Å². The van der Waals surface area contributed by atoms with Crippen LogP contribution in [0.25, 0.3) is 0 Å². The van der Waals surface area contributed by atoms with E-state index in [4.69, 9.17) is 0 Å². The van der Waals surface area contributed by atoms with Gasteiger partial charge in [0.25, 0.3) is 0 Å². The van der Waals surface area contributed by atoms with Crippen molar-refractivity contribution in [3.05, 3.63) is 24.3 Å². The fourth-order valence-corrected chi connectivity index (χ4v) is 2.40. The number of nitrogens with zero attached hydrogens (tertiary/aromatic N) is 4. The van der Waals surface area contributed by atoms with Crippen LogP contribution in [0.3, 0.4) is 0 Å². The Morgan fingerprint density at radius 3 is 2.89 bits per heavy atom. The molecular weight excluding hydrogens is 246 g/mol. The second kappa shape index (κ2) is 5.86. The van der Waals surface area contributed by atoms with E-state index in [0.29, 0.717) is 0 Å². The van der Waals surface area contributed by atoms with Gasteiger partial charge in [-0.1, -0.05) is 18.7 Å². The van der Waals surface area contributed by atoms with Crippen molar-refractivity contribution < 1.29 is 0 Å². The molecule has 0 spiro atoms. The Morgan fingerprint density at radius 2 is 2.22 bits per heavy atom. The number of nitrogens with one attached hydrogen (secondary N) is 1. The summed E-state index contributed by atoms with van der Waals surface area (Å²) >= 11 is 1.61. The molecular formula is C12H17N5S. The zero-order valence-electron chi connectivity index (χ0n) is 10.8. The van der Waals surface area contributed by atoms with Crippen molar-refractivity contribution in [2.45, 2.75) is 30.2 Å². The van der Waals surface area contributed by atoms with Gasteiger partial charge in [0, 0.05) is 25.4 Å². The van der Waals surface area contributed by atoms with Gasteiger partial charge < -0.3 is 5.32 Å². The summed E-state index contributed by atoms with van der Waals surface area (Å²) in [5, 5.41) is 8.43. The van der Waals surface area contributed by atoms with Gasteiger partial charge in [-0.2, -0.15) is 5.10 Å². The predicted octanol–water partition coefficient (Wildman–Crippen LogP) is 2.49. The van der Waals surface area contributed by atoms with E-state index in [9.17, 15) is 0 Å². The van der Waals surface area contributed by atoms with Crippen LogP contribution in [0.4, 0.5) is 5.82 Å². The first kappa shape index (κ1) is 12.9. The van der Waals surface area contributed by atoms with Gasteiger partial charge in [-0.25, -0.2) is 9.97 Å². The lowest BCUT2D eigenvalue weighted by Gasteiger charge is -2.09. The minimum absolute atomic E-state index is 0.915. The fraction of sp³-hybridized carbons (Fsp3) is 0.417. The maximum Gasteiger partial charge on any atom is 0.133 e. The van der Waals surface area contributed by atoms with Crippen LogP contribution in [-0.4, -0.2) is 26.3 Å². The van der Waals surface area contributed by atoms with E-state index >= 15 is 0 Å². The summed E-state index contributed by atoms with van der Waals surface area (Å²) in [7, 11) is 1.91. The van der Waals surface area contributed by atoms with Crippen LogP contribution in [0.5, 0.6) is 0 Å². The minimum Gasteiger partial charge on any atom is -0.370 e. The third kappa shape index (κ3) is 3.01. The van der Waals surface area contributed by atoms with Crippen LogP contribution < -0.4 is 5.32 Å². The molecule has 0 unspecified atom stereocenters. The van der Waals surface area contributed by atoms with E-state index in [1.165, 1.54) is 0 Å². The molecule has 96 valence electrons. The van der Waals surface area contributed by atoms with Crippen molar-refractivity contribution in [2.24, 2.45) is 7.05 Å². The van der Waals surface area contributed by atoms with Crippen molar-refractivity contribution in [3.8, 4) is 0 Å². The quantitative estimate of drug-likeness (QED) is 0.840. The number of rotatable bonds is 5. The summed E-state index contributed by atoms with van der Waals surface area (Å²) in [6.45, 7) is 5.10. The maximum absolute atomic E-state index is 4.33. The second-order valence-electron chi connectivity index (χ2n) is 4.03. The molecule has 2 rings (SSSR count). The van der Waals surface area contributed by atoms with Crippen molar-refractivity contribution >= 4 is 17.6 Å². The molecule has 6 heteroatoms. The largest absolute Gasteiger partial charge is 0.370 e. The highest BCUT2D eigenvalue weighted by Crippen LogP contribution is 2.29. The molecule has 0 atom stereocenters. The number of hydrogen-bond acceptors (Lipinski definition) is 5. The average Bonchev–Trinajstić information content (AvgIpc) is 2.76. The van der Waals surface area contributed by atoms with Gasteiger partial charge in [0.1, 0.15) is 17.2 Å². The highest BCUT2D eigenvalue weighted by Gasteiger charge is 2.09. The fourth-order valence-electron chi connectivity index (χ4n) is 1.52. The third-order valence-electron chi connectivity index (χ3n) is 2.48. The Labute approximate surface area is 111 Å². The topological polar surface area (TPSA) is 55.6 Å². The summed E-state index contributed by atoms with van der Waals surface area (Å²) in [5.74, 6) is 0.915. The van der Waals surface area contributed by atoms with E-state index in [2.05, 4.69) is 27.3 Å². The molecule has 5 nitrogen and oxygen atoms in total. The summed E-state index contributed by atoms with van der Waals surface area (Å²) < 4.78 is 1.79. The molecule has 0 aromatic carbocycles. The Bertz CT molecular complexity index is 523. The van der Waals surface area contributed by atoms with E-state index in [1.807, 2.05) is 26.4 Å². The van der Waals surface area contributed by atoms with Gasteiger partial charge in [0.05, 0.1) is 11.1 Å². The molecule has 2 heterocycles. The first-order valence-electron chi connectivity index (χ1n) is 5.92. The highest BCUT2D eigenvalue weighted by molar-refractivity contribution is 7.99. The zero-order chi connectivity index (χ0) is 13.0. The normalized spacial score (nSPS) is 10.6. The number of aryl methyl sites for hydroxylation is 1. The average molecular weight is 263 g/mol. The maximum atomic E-state index is 4.33. The van der Waals surface area contributed by atoms with Gasteiger partial charge in [-0.05, 0) is 13.3 Å². The summed E-state index contributed by atoms with van der Waals surface area (Å²) in [6, 6.07) is 0. The molecule has 0 aliphatic heterocycles. The third-order valence-corrected chi connectivity index (χ3v) is 3.53. The second-order valence-corrected chi connectivity index (χ2v) is 5.09. The van der Waals surface area contributed by atoms with Gasteiger partial charge in [0.15, 0.2) is 0 Å². The molecule has 0 saturated carbocycles. The van der Waals surface area contributed by atoms with Gasteiger partial charge in [-0.15, -0.1) is 0 Å². The van der Waals surface area contributed by atoms with Crippen LogP contribution in [0, 0.1) is 6.92 Å². The standard InChI is InChI=1S/C12H17N5S/c1-4-5-13-11-9(2)12(15-8-14-11)18-10-6-16-17(3)7-10/h6-8H,4-5H2,1-3H3,(H,13,14,15). The molecule has 0 radical (unpaired) electrons. The van der Waals surface area contributed by atoms with Crippen LogP contribution in [-0.2, 0) is 7.05 Å². The van der Waals surface area contributed by atoms with Gasteiger partial charge in [-0.3, -0.25) is 4.68 Å². The number of hydrogen-bond donors (Lipinski definition) is 1. The Hall–Kier alpha value is -1.56. The van der Waals surface area contributed by atoms with E-state index in [-0.39, 0.29) is 0 Å².